The van der Waals surface area contributed by atoms with Crippen LogP contribution >= 0.6 is 11.5 Å². The molecule has 0 amide bonds. The van der Waals surface area contributed by atoms with Gasteiger partial charge < -0.3 is 10.2 Å². The van der Waals surface area contributed by atoms with Crippen LogP contribution in [-0.2, 0) is 6.42 Å². The van der Waals surface area contributed by atoms with Gasteiger partial charge in [-0.15, -0.1) is 0 Å². The van der Waals surface area contributed by atoms with Crippen LogP contribution in [0.5, 0.6) is 0 Å². The van der Waals surface area contributed by atoms with Crippen molar-refractivity contribution in [3.05, 3.63) is 41.2 Å². The maximum Gasteiger partial charge on any atom is 0.205 e. The van der Waals surface area contributed by atoms with E-state index >= 15 is 0 Å². The van der Waals surface area contributed by atoms with Gasteiger partial charge in [0.15, 0.2) is 0 Å². The van der Waals surface area contributed by atoms with E-state index in [0.29, 0.717) is 12.1 Å². The Bertz CT molecular complexity index is 607. The molecule has 0 bridgehead atoms. The molecule has 0 atom stereocenters. The minimum atomic E-state index is 0.420. The van der Waals surface area contributed by atoms with E-state index in [4.69, 9.17) is 4.98 Å². The molecule has 0 saturated carbocycles. The largest absolute Gasteiger partial charge is 0.343 e. The number of nitrogens with zero attached hydrogens (tertiary/aromatic N) is 3. The Kier molecular flexibility index (Phi) is 6.54. The van der Waals surface area contributed by atoms with Gasteiger partial charge in [-0.05, 0) is 26.3 Å². The summed E-state index contributed by atoms with van der Waals surface area (Å²) in [7, 11) is 0. The third kappa shape index (κ3) is 5.59. The summed E-state index contributed by atoms with van der Waals surface area (Å²) >= 11 is 1.51. The average molecular weight is 333 g/mol. The van der Waals surface area contributed by atoms with E-state index in [-0.39, 0.29) is 0 Å². The number of hydrogen-bond acceptors (Lipinski definition) is 5. The number of nitrogens with one attached hydrogen (secondary N) is 1. The zero-order valence-corrected chi connectivity index (χ0v) is 15.7. The lowest BCUT2D eigenvalue weighted by molar-refractivity contribution is 0.564. The van der Waals surface area contributed by atoms with Crippen molar-refractivity contribution in [2.75, 3.05) is 18.0 Å². The molecule has 1 aromatic carbocycles. The van der Waals surface area contributed by atoms with Crippen molar-refractivity contribution in [3.8, 4) is 0 Å². The number of aryl methyl sites for hydroxylation is 1. The molecule has 23 heavy (non-hydrogen) atoms. The quantitative estimate of drug-likeness (QED) is 0.801. The Labute approximate surface area is 144 Å². The summed E-state index contributed by atoms with van der Waals surface area (Å²) in [4.78, 5) is 7.09. The second kappa shape index (κ2) is 8.41. The highest BCUT2D eigenvalue weighted by atomic mass is 32.1. The molecule has 0 radical (unpaired) electrons. The predicted octanol–water partition coefficient (Wildman–Crippen LogP) is 3.65. The standard InChI is InChI=1S/C18H28N4S/c1-13(2)19-9-10-22(14(3)4)18-20-17(21-23-18)12-16-8-6-7-15(5)11-16/h6-8,11,13-14,19H,9-10,12H2,1-5H3. The smallest absolute Gasteiger partial charge is 0.205 e. The molecule has 2 rings (SSSR count). The van der Waals surface area contributed by atoms with Gasteiger partial charge in [-0.3, -0.25) is 0 Å². The van der Waals surface area contributed by atoms with E-state index in [1.54, 1.807) is 0 Å². The van der Waals surface area contributed by atoms with E-state index in [2.05, 4.69) is 73.5 Å². The number of aromatic nitrogens is 2. The van der Waals surface area contributed by atoms with Crippen LogP contribution in [0.1, 0.15) is 44.6 Å². The second-order valence-corrected chi connectivity index (χ2v) is 7.29. The fourth-order valence-electron chi connectivity index (χ4n) is 2.49. The zero-order chi connectivity index (χ0) is 16.8. The van der Waals surface area contributed by atoms with Crippen molar-refractivity contribution in [2.45, 2.75) is 53.1 Å². The normalized spacial score (nSPS) is 11.4. The molecule has 2 aromatic rings. The first-order valence-corrected chi connectivity index (χ1v) is 9.11. The highest BCUT2D eigenvalue weighted by molar-refractivity contribution is 7.09. The van der Waals surface area contributed by atoms with Crippen LogP contribution in [0.3, 0.4) is 0 Å². The molecule has 4 nitrogen and oxygen atoms in total. The molecule has 1 N–H and O–H groups in total. The minimum absolute atomic E-state index is 0.420. The number of anilines is 1. The molecular formula is C18H28N4S. The van der Waals surface area contributed by atoms with Gasteiger partial charge >= 0.3 is 0 Å². The summed E-state index contributed by atoms with van der Waals surface area (Å²) in [5, 5.41) is 4.49. The molecule has 0 saturated heterocycles. The van der Waals surface area contributed by atoms with Gasteiger partial charge in [0, 0.05) is 43.1 Å². The minimum Gasteiger partial charge on any atom is -0.343 e. The van der Waals surface area contributed by atoms with Crippen molar-refractivity contribution < 1.29 is 0 Å². The van der Waals surface area contributed by atoms with Crippen molar-refractivity contribution in [3.63, 3.8) is 0 Å². The van der Waals surface area contributed by atoms with Crippen molar-refractivity contribution in [1.29, 1.82) is 0 Å². The van der Waals surface area contributed by atoms with Gasteiger partial charge in [0.2, 0.25) is 5.13 Å². The first kappa shape index (κ1) is 17.9. The van der Waals surface area contributed by atoms with Crippen LogP contribution in [-0.4, -0.2) is 34.5 Å². The molecular weight excluding hydrogens is 304 g/mol. The van der Waals surface area contributed by atoms with Crippen molar-refractivity contribution >= 4 is 16.7 Å². The van der Waals surface area contributed by atoms with Crippen LogP contribution in [0.25, 0.3) is 0 Å². The van der Waals surface area contributed by atoms with Crippen molar-refractivity contribution in [1.82, 2.24) is 14.7 Å². The summed E-state index contributed by atoms with van der Waals surface area (Å²) in [5.41, 5.74) is 2.55. The molecule has 0 aliphatic heterocycles. The third-order valence-corrected chi connectivity index (χ3v) is 4.47. The number of rotatable bonds is 8. The SMILES string of the molecule is Cc1cccc(Cc2nsc(N(CCNC(C)C)C(C)C)n2)c1. The van der Waals surface area contributed by atoms with Crippen LogP contribution < -0.4 is 10.2 Å². The lowest BCUT2D eigenvalue weighted by Gasteiger charge is -2.26. The summed E-state index contributed by atoms with van der Waals surface area (Å²) in [6.45, 7) is 12.8. The van der Waals surface area contributed by atoms with Crippen LogP contribution in [0.15, 0.2) is 24.3 Å². The van der Waals surface area contributed by atoms with E-state index in [0.717, 1.165) is 30.5 Å². The van der Waals surface area contributed by atoms with Gasteiger partial charge in [-0.2, -0.15) is 4.37 Å². The Morgan fingerprint density at radius 3 is 2.65 bits per heavy atom. The second-order valence-electron chi connectivity index (χ2n) is 6.55. The third-order valence-electron chi connectivity index (χ3n) is 3.68. The molecule has 1 aromatic heterocycles. The lowest BCUT2D eigenvalue weighted by atomic mass is 10.1. The topological polar surface area (TPSA) is 41.1 Å². The monoisotopic (exact) mass is 332 g/mol. The van der Waals surface area contributed by atoms with Crippen LogP contribution in [0.4, 0.5) is 5.13 Å². The zero-order valence-electron chi connectivity index (χ0n) is 14.8. The Morgan fingerprint density at radius 2 is 2.00 bits per heavy atom. The molecule has 0 spiro atoms. The van der Waals surface area contributed by atoms with Gasteiger partial charge in [0.05, 0.1) is 0 Å². The van der Waals surface area contributed by atoms with E-state index in [1.807, 2.05) is 0 Å². The fourth-order valence-corrected chi connectivity index (χ4v) is 3.33. The molecule has 0 aliphatic carbocycles. The van der Waals surface area contributed by atoms with E-state index < -0.39 is 0 Å². The molecule has 0 aliphatic rings. The Hall–Kier alpha value is -1.46. The van der Waals surface area contributed by atoms with Crippen LogP contribution in [0.2, 0.25) is 0 Å². The summed E-state index contributed by atoms with van der Waals surface area (Å²) in [5.74, 6) is 0.915. The van der Waals surface area contributed by atoms with Gasteiger partial charge in [0.1, 0.15) is 5.82 Å². The number of benzene rings is 1. The van der Waals surface area contributed by atoms with Crippen LogP contribution in [0, 0.1) is 6.92 Å². The Morgan fingerprint density at radius 1 is 1.22 bits per heavy atom. The molecule has 1 heterocycles. The summed E-state index contributed by atoms with van der Waals surface area (Å²) in [6.07, 6.45) is 0.800. The van der Waals surface area contributed by atoms with Gasteiger partial charge in [0.25, 0.3) is 0 Å². The number of hydrogen-bond donors (Lipinski definition) is 1. The first-order valence-electron chi connectivity index (χ1n) is 8.34. The van der Waals surface area contributed by atoms with Crippen molar-refractivity contribution in [2.24, 2.45) is 0 Å². The molecule has 126 valence electrons. The first-order chi connectivity index (χ1) is 11.0. The van der Waals surface area contributed by atoms with Gasteiger partial charge in [-0.1, -0.05) is 43.7 Å². The predicted molar refractivity (Wildman–Crippen MR) is 99.5 cm³/mol. The molecule has 0 fully saturated rings. The summed E-state index contributed by atoms with van der Waals surface area (Å²) < 4.78 is 4.56. The highest BCUT2D eigenvalue weighted by Crippen LogP contribution is 2.21. The lowest BCUT2D eigenvalue weighted by Crippen LogP contribution is -2.38. The Balaban J connectivity index is 2.03. The molecule has 0 unspecified atom stereocenters. The van der Waals surface area contributed by atoms with Gasteiger partial charge in [-0.25, -0.2) is 4.98 Å². The highest BCUT2D eigenvalue weighted by Gasteiger charge is 2.15. The maximum atomic E-state index is 4.76. The summed E-state index contributed by atoms with van der Waals surface area (Å²) in [6, 6.07) is 9.48. The van der Waals surface area contributed by atoms with E-state index in [1.165, 1.54) is 22.7 Å². The molecule has 5 heteroatoms. The maximum absolute atomic E-state index is 4.76. The fraction of sp³-hybridized carbons (Fsp3) is 0.556. The van der Waals surface area contributed by atoms with E-state index in [9.17, 15) is 0 Å². The average Bonchev–Trinajstić information content (AvgIpc) is 2.91.